The predicted molar refractivity (Wildman–Crippen MR) is 121 cm³/mol. The van der Waals surface area contributed by atoms with Gasteiger partial charge in [0.05, 0.1) is 0 Å². The Bertz CT molecular complexity index is 985. The molecule has 2 aromatic carbocycles. The van der Waals surface area contributed by atoms with E-state index in [4.69, 9.17) is 10.8 Å². The van der Waals surface area contributed by atoms with E-state index in [1.165, 1.54) is 5.56 Å². The van der Waals surface area contributed by atoms with Crippen LogP contribution >= 0.6 is 0 Å². The molecule has 1 atom stereocenters. The second-order valence-electron chi connectivity index (χ2n) is 7.85. The number of carboxylic acids is 1. The van der Waals surface area contributed by atoms with E-state index in [9.17, 15) is 4.79 Å². The lowest BCUT2D eigenvalue weighted by Gasteiger charge is -2.34. The molecule has 1 unspecified atom stereocenters. The number of carbonyl (C=O) groups is 1. The molecule has 1 aliphatic rings. The first-order chi connectivity index (χ1) is 15.1. The summed E-state index contributed by atoms with van der Waals surface area (Å²) in [6.45, 7) is 4.76. The van der Waals surface area contributed by atoms with Crippen LogP contribution in [0.1, 0.15) is 11.1 Å². The van der Waals surface area contributed by atoms with E-state index in [-0.39, 0.29) is 0 Å². The Morgan fingerprint density at radius 3 is 2.00 bits per heavy atom. The number of nitrogens with zero attached hydrogens (tertiary/aromatic N) is 4. The maximum Gasteiger partial charge on any atom is 0.320 e. The van der Waals surface area contributed by atoms with Crippen molar-refractivity contribution in [2.45, 2.75) is 19.0 Å². The summed E-state index contributed by atoms with van der Waals surface area (Å²) in [5.41, 5.74) is 10.1. The van der Waals surface area contributed by atoms with Gasteiger partial charge in [0, 0.05) is 45.1 Å². The fraction of sp³-hybridized carbons (Fsp3) is 0.292. The quantitative estimate of drug-likeness (QED) is 0.609. The Balaban J connectivity index is 1.31. The van der Waals surface area contributed by atoms with Crippen LogP contribution in [-0.4, -0.2) is 58.2 Å². The van der Waals surface area contributed by atoms with Crippen LogP contribution < -0.4 is 10.6 Å². The second kappa shape index (κ2) is 9.68. The molecule has 160 valence electrons. The average Bonchev–Trinajstić information content (AvgIpc) is 2.81. The van der Waals surface area contributed by atoms with Crippen LogP contribution in [-0.2, 0) is 17.8 Å². The van der Waals surface area contributed by atoms with Crippen molar-refractivity contribution in [1.82, 2.24) is 14.9 Å². The molecule has 1 aromatic heterocycles. The van der Waals surface area contributed by atoms with E-state index < -0.39 is 12.0 Å². The van der Waals surface area contributed by atoms with Gasteiger partial charge in [-0.25, -0.2) is 9.97 Å². The summed E-state index contributed by atoms with van der Waals surface area (Å²) in [6.07, 6.45) is 3.90. The maximum absolute atomic E-state index is 10.9. The molecular weight excluding hydrogens is 390 g/mol. The Morgan fingerprint density at radius 2 is 1.45 bits per heavy atom. The zero-order chi connectivity index (χ0) is 21.6. The highest BCUT2D eigenvalue weighted by molar-refractivity contribution is 5.73. The van der Waals surface area contributed by atoms with Crippen molar-refractivity contribution in [3.05, 3.63) is 78.1 Å². The van der Waals surface area contributed by atoms with Crippen molar-refractivity contribution in [3.63, 3.8) is 0 Å². The van der Waals surface area contributed by atoms with Crippen LogP contribution in [0.2, 0.25) is 0 Å². The van der Waals surface area contributed by atoms with E-state index in [2.05, 4.69) is 44.0 Å². The summed E-state index contributed by atoms with van der Waals surface area (Å²) >= 11 is 0. The Labute approximate surface area is 182 Å². The van der Waals surface area contributed by atoms with Gasteiger partial charge in [0.1, 0.15) is 6.04 Å². The van der Waals surface area contributed by atoms with Crippen molar-refractivity contribution in [1.29, 1.82) is 0 Å². The molecule has 1 aliphatic heterocycles. The highest BCUT2D eigenvalue weighted by Gasteiger charge is 2.18. The van der Waals surface area contributed by atoms with E-state index in [0.717, 1.165) is 55.4 Å². The third-order valence-corrected chi connectivity index (χ3v) is 5.63. The van der Waals surface area contributed by atoms with Gasteiger partial charge in [-0.3, -0.25) is 9.69 Å². The third-order valence-electron chi connectivity index (χ3n) is 5.63. The van der Waals surface area contributed by atoms with Gasteiger partial charge in [0.25, 0.3) is 0 Å². The molecule has 0 bridgehead atoms. The Kier molecular flexibility index (Phi) is 6.54. The summed E-state index contributed by atoms with van der Waals surface area (Å²) in [6, 6.07) is 17.5. The summed E-state index contributed by atoms with van der Waals surface area (Å²) in [4.78, 5) is 24.3. The SMILES string of the molecule is NC(Cc1ccc(-c2ccc(CN3CCN(c4ncccn4)CC3)cc2)cc1)C(=O)O. The number of hydrogen-bond donors (Lipinski definition) is 2. The number of rotatable bonds is 7. The largest absolute Gasteiger partial charge is 0.480 e. The van der Waals surface area contributed by atoms with Gasteiger partial charge in [-0.1, -0.05) is 48.5 Å². The zero-order valence-electron chi connectivity index (χ0n) is 17.4. The highest BCUT2D eigenvalue weighted by atomic mass is 16.4. The Hall–Kier alpha value is -3.29. The number of aromatic nitrogens is 2. The number of nitrogens with two attached hydrogens (primary N) is 1. The molecule has 1 saturated heterocycles. The lowest BCUT2D eigenvalue weighted by atomic mass is 10.00. The highest BCUT2D eigenvalue weighted by Crippen LogP contribution is 2.22. The summed E-state index contributed by atoms with van der Waals surface area (Å²) < 4.78 is 0. The minimum absolute atomic E-state index is 0.332. The number of aliphatic carboxylic acids is 1. The van der Waals surface area contributed by atoms with Gasteiger partial charge in [0.2, 0.25) is 5.95 Å². The first kappa shape index (κ1) is 21.0. The molecule has 2 heterocycles. The Morgan fingerprint density at radius 1 is 0.903 bits per heavy atom. The molecule has 7 heteroatoms. The molecule has 3 N–H and O–H groups in total. The van der Waals surface area contributed by atoms with Crippen LogP contribution in [0.15, 0.2) is 67.0 Å². The minimum atomic E-state index is -0.977. The number of carboxylic acid groups (broad SMARTS) is 1. The lowest BCUT2D eigenvalue weighted by molar-refractivity contribution is -0.138. The molecular formula is C24H27N5O2. The van der Waals surface area contributed by atoms with Crippen LogP contribution in [0.5, 0.6) is 0 Å². The van der Waals surface area contributed by atoms with Crippen LogP contribution in [0.25, 0.3) is 11.1 Å². The molecule has 0 aliphatic carbocycles. The molecule has 0 radical (unpaired) electrons. The molecule has 0 spiro atoms. The van der Waals surface area contributed by atoms with E-state index >= 15 is 0 Å². The van der Waals surface area contributed by atoms with Gasteiger partial charge >= 0.3 is 5.97 Å². The molecule has 4 rings (SSSR count). The minimum Gasteiger partial charge on any atom is -0.480 e. The van der Waals surface area contributed by atoms with Crippen molar-refractivity contribution in [3.8, 4) is 11.1 Å². The van der Waals surface area contributed by atoms with Crippen molar-refractivity contribution >= 4 is 11.9 Å². The van der Waals surface area contributed by atoms with E-state index in [1.54, 1.807) is 12.4 Å². The van der Waals surface area contributed by atoms with E-state index in [0.29, 0.717) is 6.42 Å². The normalized spacial score (nSPS) is 15.6. The zero-order valence-corrected chi connectivity index (χ0v) is 17.4. The molecule has 3 aromatic rings. The summed E-state index contributed by atoms with van der Waals surface area (Å²) in [5.74, 6) is -0.169. The van der Waals surface area contributed by atoms with Crippen LogP contribution in [0, 0.1) is 0 Å². The van der Waals surface area contributed by atoms with Gasteiger partial charge in [-0.05, 0) is 34.7 Å². The van der Waals surface area contributed by atoms with Gasteiger partial charge in [0.15, 0.2) is 0 Å². The van der Waals surface area contributed by atoms with Crippen LogP contribution in [0.4, 0.5) is 5.95 Å². The van der Waals surface area contributed by atoms with Gasteiger partial charge in [-0.15, -0.1) is 0 Å². The molecule has 1 fully saturated rings. The van der Waals surface area contributed by atoms with Crippen LogP contribution in [0.3, 0.4) is 0 Å². The molecule has 31 heavy (non-hydrogen) atoms. The third kappa shape index (κ3) is 5.45. The first-order valence-corrected chi connectivity index (χ1v) is 10.5. The molecule has 7 nitrogen and oxygen atoms in total. The maximum atomic E-state index is 10.9. The molecule has 0 saturated carbocycles. The van der Waals surface area contributed by atoms with Crippen molar-refractivity contribution < 1.29 is 9.90 Å². The van der Waals surface area contributed by atoms with Crippen molar-refractivity contribution in [2.75, 3.05) is 31.1 Å². The summed E-state index contributed by atoms with van der Waals surface area (Å²) in [5, 5.41) is 8.95. The fourth-order valence-electron chi connectivity index (χ4n) is 3.80. The van der Waals surface area contributed by atoms with Gasteiger partial charge < -0.3 is 15.7 Å². The van der Waals surface area contributed by atoms with Crippen molar-refractivity contribution in [2.24, 2.45) is 5.73 Å². The molecule has 0 amide bonds. The smallest absolute Gasteiger partial charge is 0.320 e. The number of benzene rings is 2. The topological polar surface area (TPSA) is 95.6 Å². The average molecular weight is 418 g/mol. The number of piperazine rings is 1. The predicted octanol–water partition coefficient (Wildman–Crippen LogP) is 2.42. The number of hydrogen-bond acceptors (Lipinski definition) is 6. The monoisotopic (exact) mass is 417 g/mol. The fourth-order valence-corrected chi connectivity index (χ4v) is 3.80. The van der Waals surface area contributed by atoms with Gasteiger partial charge in [-0.2, -0.15) is 0 Å². The second-order valence-corrected chi connectivity index (χ2v) is 7.85. The summed E-state index contributed by atoms with van der Waals surface area (Å²) in [7, 11) is 0. The number of anilines is 1. The standard InChI is InChI=1S/C24H27N5O2/c25-22(23(30)31)16-18-2-6-20(7-3-18)21-8-4-19(5-9-21)17-28-12-14-29(15-13-28)24-26-10-1-11-27-24/h1-11,22H,12-17,25H2,(H,30,31). The van der Waals surface area contributed by atoms with E-state index in [1.807, 2.05) is 30.3 Å². The first-order valence-electron chi connectivity index (χ1n) is 10.5. The lowest BCUT2D eigenvalue weighted by Crippen LogP contribution is -2.46.